The Bertz CT molecular complexity index is 191. The lowest BCUT2D eigenvalue weighted by Crippen LogP contribution is -2.56. The number of hydrogen-bond donors (Lipinski definition) is 1. The third-order valence-electron chi connectivity index (χ3n) is 1.39. The summed E-state index contributed by atoms with van der Waals surface area (Å²) in [5.41, 5.74) is -0.356. The maximum atomic E-state index is 12.1. The van der Waals surface area contributed by atoms with Crippen molar-refractivity contribution in [2.24, 2.45) is 0 Å². The highest BCUT2D eigenvalue weighted by atomic mass is 19.4. The van der Waals surface area contributed by atoms with E-state index in [-0.39, 0.29) is 0 Å². The number of halogens is 3. The third-order valence-corrected chi connectivity index (χ3v) is 1.39. The van der Waals surface area contributed by atoms with Gasteiger partial charge in [0.05, 0.1) is 0 Å². The van der Waals surface area contributed by atoms with Crippen molar-refractivity contribution in [2.45, 2.75) is 11.6 Å². The predicted octanol–water partition coefficient (Wildman–Crippen LogP) is 0.377. The molecular weight excluding hydrogens is 156 g/mol. The van der Waals surface area contributed by atoms with Crippen LogP contribution < -0.4 is 5.43 Å². The average Bonchev–Trinajstić information content (AvgIpc) is 2.10. The van der Waals surface area contributed by atoms with Gasteiger partial charge in [0.15, 0.2) is 0 Å². The van der Waals surface area contributed by atoms with Crippen LogP contribution in [0.25, 0.3) is 0 Å². The van der Waals surface area contributed by atoms with E-state index < -0.39 is 11.6 Å². The molecule has 0 aliphatic carbocycles. The zero-order valence-electron chi connectivity index (χ0n) is 5.81. The average molecular weight is 162 g/mol. The summed E-state index contributed by atoms with van der Waals surface area (Å²) in [6, 6.07) is 0. The lowest BCUT2D eigenvalue weighted by molar-refractivity contribution is -0.162. The summed E-state index contributed by atoms with van der Waals surface area (Å²) in [7, 11) is 6.40. The molecule has 0 saturated heterocycles. The Morgan fingerprint density at radius 2 is 2.09 bits per heavy atom. The third kappa shape index (κ3) is 1.35. The molecule has 0 aromatic heterocycles. The van der Waals surface area contributed by atoms with Gasteiger partial charge in [-0.25, -0.2) is 5.43 Å². The molecule has 1 N–H and O–H groups in total. The second-order valence-electron chi connectivity index (χ2n) is 2.41. The first kappa shape index (κ1) is 8.45. The topological polar surface area (TPSA) is 15.3 Å². The summed E-state index contributed by atoms with van der Waals surface area (Å²) >= 11 is 0. The van der Waals surface area contributed by atoms with Crippen molar-refractivity contribution in [3.05, 3.63) is 12.3 Å². The second-order valence-corrected chi connectivity index (χ2v) is 2.41. The molecule has 1 aliphatic rings. The summed E-state index contributed by atoms with van der Waals surface area (Å²) in [4.78, 5) is 0. The molecule has 11 heavy (non-hydrogen) atoms. The van der Waals surface area contributed by atoms with Crippen LogP contribution in [0.5, 0.6) is 0 Å². The molecule has 2 radical (unpaired) electrons. The van der Waals surface area contributed by atoms with Gasteiger partial charge in [0.2, 0.25) is 0 Å². The maximum absolute atomic E-state index is 12.1. The minimum atomic E-state index is -4.46. The largest absolute Gasteiger partial charge is 0.403 e. The van der Waals surface area contributed by atoms with E-state index in [0.717, 1.165) is 11.1 Å². The summed E-state index contributed by atoms with van der Waals surface area (Å²) < 4.78 is 36.2. The van der Waals surface area contributed by atoms with E-state index >= 15 is 0 Å². The molecule has 0 aromatic rings. The number of rotatable bonds is 0. The molecule has 0 amide bonds. The Morgan fingerprint density at radius 3 is 2.27 bits per heavy atom. The van der Waals surface area contributed by atoms with E-state index in [1.807, 2.05) is 5.43 Å². The number of alkyl halides is 3. The van der Waals surface area contributed by atoms with Crippen molar-refractivity contribution >= 4 is 7.85 Å². The maximum Gasteiger partial charge on any atom is 0.403 e. The van der Waals surface area contributed by atoms with Gasteiger partial charge in [-0.1, -0.05) is 0 Å². The van der Waals surface area contributed by atoms with Crippen LogP contribution in [0.3, 0.4) is 0 Å². The summed E-state index contributed by atoms with van der Waals surface area (Å²) in [5.74, 6) is 0. The van der Waals surface area contributed by atoms with E-state index in [4.69, 9.17) is 7.85 Å². The molecule has 0 spiro atoms. The lowest BCUT2D eigenvalue weighted by atomic mass is 9.78. The number of hydrogen-bond acceptors (Lipinski definition) is 2. The smallest absolute Gasteiger partial charge is 0.319 e. The second kappa shape index (κ2) is 2.17. The molecule has 60 valence electrons. The van der Waals surface area contributed by atoms with Crippen LogP contribution in [0.15, 0.2) is 12.3 Å². The zero-order chi connectivity index (χ0) is 8.70. The molecule has 1 unspecified atom stereocenters. The van der Waals surface area contributed by atoms with Gasteiger partial charge in [-0.3, -0.25) is 0 Å². The highest BCUT2D eigenvalue weighted by molar-refractivity contribution is 6.17. The SMILES string of the molecule is [B]C1(C(F)(F)F)C=CN(C)N1. The van der Waals surface area contributed by atoms with Crippen LogP contribution in [0, 0.1) is 0 Å². The molecule has 6 heteroatoms. The van der Waals surface area contributed by atoms with Crippen molar-refractivity contribution in [2.75, 3.05) is 7.05 Å². The number of hydrazine groups is 1. The highest BCUT2D eigenvalue weighted by Gasteiger charge is 2.50. The van der Waals surface area contributed by atoms with Gasteiger partial charge in [-0.2, -0.15) is 13.2 Å². The van der Waals surface area contributed by atoms with Gasteiger partial charge in [-0.05, 0) is 6.08 Å². The van der Waals surface area contributed by atoms with Crippen molar-refractivity contribution < 1.29 is 13.2 Å². The van der Waals surface area contributed by atoms with Crippen LogP contribution in [0.1, 0.15) is 0 Å². The molecule has 1 rings (SSSR count). The van der Waals surface area contributed by atoms with E-state index in [0.29, 0.717) is 0 Å². The number of nitrogens with zero attached hydrogens (tertiary/aromatic N) is 1. The Balaban J connectivity index is 2.79. The molecule has 0 bridgehead atoms. The minimum absolute atomic E-state index is 0.868. The van der Waals surface area contributed by atoms with E-state index in [9.17, 15) is 13.2 Å². The molecule has 2 nitrogen and oxygen atoms in total. The first-order valence-corrected chi connectivity index (χ1v) is 2.91. The van der Waals surface area contributed by atoms with Crippen molar-refractivity contribution in [3.8, 4) is 0 Å². The number of nitrogens with one attached hydrogen (secondary N) is 1. The highest BCUT2D eigenvalue weighted by Crippen LogP contribution is 2.31. The van der Waals surface area contributed by atoms with Gasteiger partial charge in [0.25, 0.3) is 0 Å². The first-order valence-electron chi connectivity index (χ1n) is 2.91. The van der Waals surface area contributed by atoms with Crippen molar-refractivity contribution in [1.82, 2.24) is 10.4 Å². The summed E-state index contributed by atoms with van der Waals surface area (Å²) in [5, 5.41) is 1.16. The monoisotopic (exact) mass is 162 g/mol. The zero-order valence-corrected chi connectivity index (χ0v) is 5.81. The van der Waals surface area contributed by atoms with Gasteiger partial charge in [0.1, 0.15) is 13.3 Å². The minimum Gasteiger partial charge on any atom is -0.319 e. The quantitative estimate of drug-likeness (QED) is 0.517. The first-order chi connectivity index (χ1) is 4.85. The molecule has 0 aromatic carbocycles. The predicted molar refractivity (Wildman–Crippen MR) is 34.6 cm³/mol. The van der Waals surface area contributed by atoms with E-state index in [1.54, 1.807) is 0 Å². The van der Waals surface area contributed by atoms with Crippen LogP contribution in [0.4, 0.5) is 13.2 Å². The molecule has 1 aliphatic heterocycles. The standard InChI is InChI=1S/C5H6BF3N2/c1-11-3-2-4(6,10-11)5(7,8)9/h2-3,10H,1H3. The fraction of sp³-hybridized carbons (Fsp3) is 0.600. The van der Waals surface area contributed by atoms with Crippen molar-refractivity contribution in [1.29, 1.82) is 0 Å². The molecular formula is C5H6BF3N2. The Kier molecular flexibility index (Phi) is 1.67. The Labute approximate surface area is 63.4 Å². The fourth-order valence-corrected chi connectivity index (χ4v) is 0.754. The molecule has 0 saturated carbocycles. The van der Waals surface area contributed by atoms with Crippen LogP contribution in [0.2, 0.25) is 0 Å². The van der Waals surface area contributed by atoms with Gasteiger partial charge >= 0.3 is 6.18 Å². The van der Waals surface area contributed by atoms with Crippen LogP contribution in [-0.2, 0) is 0 Å². The summed E-state index contributed by atoms with van der Waals surface area (Å²) in [6.07, 6.45) is -2.37. The Morgan fingerprint density at radius 1 is 1.55 bits per heavy atom. The van der Waals surface area contributed by atoms with Crippen LogP contribution >= 0.6 is 0 Å². The fourth-order valence-electron chi connectivity index (χ4n) is 0.754. The summed E-state index contributed by atoms with van der Waals surface area (Å²) in [6.45, 7) is 0. The van der Waals surface area contributed by atoms with E-state index in [1.165, 1.54) is 13.2 Å². The van der Waals surface area contributed by atoms with Crippen molar-refractivity contribution in [3.63, 3.8) is 0 Å². The molecule has 0 fully saturated rings. The Hall–Kier alpha value is -0.645. The van der Waals surface area contributed by atoms with Gasteiger partial charge in [-0.15, -0.1) is 0 Å². The van der Waals surface area contributed by atoms with Gasteiger partial charge < -0.3 is 5.01 Å². The van der Waals surface area contributed by atoms with Gasteiger partial charge in [0, 0.05) is 13.2 Å². The van der Waals surface area contributed by atoms with Crippen LogP contribution in [-0.4, -0.2) is 31.5 Å². The normalized spacial score (nSPS) is 31.5. The molecule has 1 atom stereocenters. The van der Waals surface area contributed by atoms with E-state index in [2.05, 4.69) is 0 Å². The lowest BCUT2D eigenvalue weighted by Gasteiger charge is -2.28. The molecule has 1 heterocycles.